The summed E-state index contributed by atoms with van der Waals surface area (Å²) in [4.78, 5) is 0. The van der Waals surface area contributed by atoms with E-state index in [-0.39, 0.29) is 23.1 Å². The van der Waals surface area contributed by atoms with E-state index in [9.17, 15) is 4.39 Å². The van der Waals surface area contributed by atoms with E-state index in [1.54, 1.807) is 12.1 Å². The summed E-state index contributed by atoms with van der Waals surface area (Å²) in [6.45, 7) is 4.62. The quantitative estimate of drug-likeness (QED) is 0.826. The van der Waals surface area contributed by atoms with Gasteiger partial charge in [-0.3, -0.25) is 0 Å². The van der Waals surface area contributed by atoms with E-state index < -0.39 is 0 Å². The molecule has 1 aromatic rings. The van der Waals surface area contributed by atoms with Crippen LogP contribution in [0.3, 0.4) is 0 Å². The van der Waals surface area contributed by atoms with Crippen molar-refractivity contribution in [2.45, 2.75) is 63.4 Å². The van der Waals surface area contributed by atoms with Crippen LogP contribution in [0.2, 0.25) is 0 Å². The topological polar surface area (TPSA) is 18.5 Å². The summed E-state index contributed by atoms with van der Waals surface area (Å²) in [7, 11) is 0. The van der Waals surface area contributed by atoms with Crippen molar-refractivity contribution in [1.29, 1.82) is 0 Å². The van der Waals surface area contributed by atoms with Crippen LogP contribution in [0.15, 0.2) is 24.3 Å². The third kappa shape index (κ3) is 2.41. The lowest BCUT2D eigenvalue weighted by atomic mass is 9.94. The van der Waals surface area contributed by atoms with Crippen molar-refractivity contribution >= 4 is 0 Å². The van der Waals surface area contributed by atoms with E-state index in [4.69, 9.17) is 9.47 Å². The second kappa shape index (κ2) is 4.57. The van der Waals surface area contributed by atoms with E-state index in [1.165, 1.54) is 12.5 Å². The molecule has 0 amide bonds. The molecule has 2 heterocycles. The third-order valence-corrected chi connectivity index (χ3v) is 4.55. The first kappa shape index (κ1) is 13.1. The van der Waals surface area contributed by atoms with Crippen LogP contribution in [-0.2, 0) is 16.1 Å². The molecular formula is C16H21FO2. The first-order valence-electron chi connectivity index (χ1n) is 7.06. The molecule has 2 bridgehead atoms. The Morgan fingerprint density at radius 2 is 2.11 bits per heavy atom. The van der Waals surface area contributed by atoms with Gasteiger partial charge in [0.25, 0.3) is 0 Å². The summed E-state index contributed by atoms with van der Waals surface area (Å²) >= 11 is 0. The van der Waals surface area contributed by atoms with Gasteiger partial charge in [0.05, 0.1) is 23.9 Å². The lowest BCUT2D eigenvalue weighted by molar-refractivity contribution is -0.150. The summed E-state index contributed by atoms with van der Waals surface area (Å²) in [5.41, 5.74) is 0.378. The molecule has 3 rings (SSSR count). The van der Waals surface area contributed by atoms with Gasteiger partial charge >= 0.3 is 0 Å². The summed E-state index contributed by atoms with van der Waals surface area (Å²) in [6, 6.07) is 6.80. The summed E-state index contributed by atoms with van der Waals surface area (Å²) in [5.74, 6) is -0.194. The third-order valence-electron chi connectivity index (χ3n) is 4.55. The van der Waals surface area contributed by atoms with E-state index in [2.05, 4.69) is 13.8 Å². The Kier molecular flexibility index (Phi) is 3.14. The monoisotopic (exact) mass is 264 g/mol. The Morgan fingerprint density at radius 1 is 1.32 bits per heavy atom. The van der Waals surface area contributed by atoms with E-state index >= 15 is 0 Å². The van der Waals surface area contributed by atoms with Gasteiger partial charge in [-0.1, -0.05) is 18.2 Å². The predicted molar refractivity (Wildman–Crippen MR) is 71.3 cm³/mol. The van der Waals surface area contributed by atoms with Gasteiger partial charge in [0.2, 0.25) is 0 Å². The highest BCUT2D eigenvalue weighted by Gasteiger charge is 2.54. The lowest BCUT2D eigenvalue weighted by Crippen LogP contribution is -2.41. The maximum atomic E-state index is 13.6. The standard InChI is InChI=1S/C16H21FO2/c1-15-8-5-9-16(2,19-15)14(10-15)18-11-12-6-3-4-7-13(12)17/h3-4,6-7,14H,5,8-11H2,1-2H3. The van der Waals surface area contributed by atoms with Crippen LogP contribution in [-0.4, -0.2) is 17.3 Å². The van der Waals surface area contributed by atoms with Gasteiger partial charge in [-0.2, -0.15) is 0 Å². The van der Waals surface area contributed by atoms with Crippen molar-refractivity contribution in [2.75, 3.05) is 0 Å². The molecule has 0 aromatic heterocycles. The highest BCUT2D eigenvalue weighted by molar-refractivity contribution is 5.16. The van der Waals surface area contributed by atoms with Crippen LogP contribution in [0.25, 0.3) is 0 Å². The Morgan fingerprint density at radius 3 is 2.84 bits per heavy atom. The zero-order valence-corrected chi connectivity index (χ0v) is 11.6. The molecule has 0 spiro atoms. The van der Waals surface area contributed by atoms with Crippen LogP contribution in [0.5, 0.6) is 0 Å². The van der Waals surface area contributed by atoms with Crippen LogP contribution < -0.4 is 0 Å². The first-order valence-corrected chi connectivity index (χ1v) is 7.06. The summed E-state index contributed by atoms with van der Waals surface area (Å²) < 4.78 is 25.8. The minimum Gasteiger partial charge on any atom is -0.370 e. The van der Waals surface area contributed by atoms with E-state index in [0.29, 0.717) is 12.2 Å². The Hall–Kier alpha value is -0.930. The molecule has 0 aliphatic carbocycles. The van der Waals surface area contributed by atoms with Gasteiger partial charge in [-0.15, -0.1) is 0 Å². The lowest BCUT2D eigenvalue weighted by Gasteiger charge is -2.37. The van der Waals surface area contributed by atoms with Crippen molar-refractivity contribution in [3.05, 3.63) is 35.6 Å². The van der Waals surface area contributed by atoms with Gasteiger partial charge in [-0.05, 0) is 39.2 Å². The molecule has 2 aliphatic heterocycles. The summed E-state index contributed by atoms with van der Waals surface area (Å²) in [6.07, 6.45) is 4.30. The molecule has 2 fully saturated rings. The number of ether oxygens (including phenoxy) is 2. The molecule has 104 valence electrons. The van der Waals surface area contributed by atoms with Crippen LogP contribution in [0.4, 0.5) is 4.39 Å². The fourth-order valence-corrected chi connectivity index (χ4v) is 3.50. The molecule has 2 nitrogen and oxygen atoms in total. The van der Waals surface area contributed by atoms with Gasteiger partial charge in [0.1, 0.15) is 5.82 Å². The largest absolute Gasteiger partial charge is 0.370 e. The smallest absolute Gasteiger partial charge is 0.128 e. The minimum absolute atomic E-state index is 0.0487. The SMILES string of the molecule is CC12CCCC(C)(O1)C(OCc1ccccc1F)C2. The minimum atomic E-state index is -0.196. The number of hydrogen-bond donors (Lipinski definition) is 0. The molecule has 0 saturated carbocycles. The Labute approximate surface area is 113 Å². The maximum Gasteiger partial charge on any atom is 0.128 e. The van der Waals surface area contributed by atoms with Crippen molar-refractivity contribution in [3.8, 4) is 0 Å². The molecule has 1 aromatic carbocycles. The second-order valence-corrected chi connectivity index (χ2v) is 6.31. The van der Waals surface area contributed by atoms with Crippen LogP contribution in [0, 0.1) is 5.82 Å². The van der Waals surface area contributed by atoms with Crippen LogP contribution >= 0.6 is 0 Å². The molecule has 2 saturated heterocycles. The molecule has 19 heavy (non-hydrogen) atoms. The van der Waals surface area contributed by atoms with Gasteiger partial charge in [0.15, 0.2) is 0 Å². The fraction of sp³-hybridized carbons (Fsp3) is 0.625. The second-order valence-electron chi connectivity index (χ2n) is 6.31. The van der Waals surface area contributed by atoms with Crippen molar-refractivity contribution in [2.24, 2.45) is 0 Å². The molecule has 3 atom stereocenters. The highest BCUT2D eigenvalue weighted by Crippen LogP contribution is 2.49. The average molecular weight is 264 g/mol. The molecule has 0 radical (unpaired) electrons. The number of benzene rings is 1. The predicted octanol–water partition coefficient (Wildman–Crippen LogP) is 3.83. The van der Waals surface area contributed by atoms with Crippen molar-refractivity contribution in [3.63, 3.8) is 0 Å². The normalized spacial score (nSPS) is 37.5. The maximum absolute atomic E-state index is 13.6. The average Bonchev–Trinajstić information content (AvgIpc) is 2.53. The Balaban J connectivity index is 1.69. The summed E-state index contributed by atoms with van der Waals surface area (Å²) in [5, 5.41) is 0. The van der Waals surface area contributed by atoms with E-state index in [0.717, 1.165) is 19.3 Å². The molecular weight excluding hydrogens is 243 g/mol. The number of hydrogen-bond acceptors (Lipinski definition) is 2. The zero-order valence-electron chi connectivity index (χ0n) is 11.6. The first-order chi connectivity index (χ1) is 9.01. The highest BCUT2D eigenvalue weighted by atomic mass is 19.1. The van der Waals surface area contributed by atoms with Gasteiger partial charge in [-0.25, -0.2) is 4.39 Å². The zero-order chi connectivity index (χ0) is 13.5. The number of halogens is 1. The van der Waals surface area contributed by atoms with Gasteiger partial charge in [0, 0.05) is 12.0 Å². The van der Waals surface area contributed by atoms with Crippen LogP contribution in [0.1, 0.15) is 45.1 Å². The Bertz CT molecular complexity index is 476. The molecule has 2 aliphatic rings. The van der Waals surface area contributed by atoms with E-state index in [1.807, 2.05) is 6.07 Å². The molecule has 3 unspecified atom stereocenters. The van der Waals surface area contributed by atoms with Gasteiger partial charge < -0.3 is 9.47 Å². The number of rotatable bonds is 3. The fourth-order valence-electron chi connectivity index (χ4n) is 3.50. The van der Waals surface area contributed by atoms with Crippen molar-refractivity contribution in [1.82, 2.24) is 0 Å². The molecule has 3 heteroatoms. The molecule has 0 N–H and O–H groups in total. The number of fused-ring (bicyclic) bond motifs is 2. The van der Waals surface area contributed by atoms with Crippen molar-refractivity contribution < 1.29 is 13.9 Å².